The van der Waals surface area contributed by atoms with Crippen molar-refractivity contribution >= 4 is 32.1 Å². The highest BCUT2D eigenvalue weighted by Gasteiger charge is 2.28. The molecule has 146 valence electrons. The number of anilines is 1. The van der Waals surface area contributed by atoms with Gasteiger partial charge in [0.1, 0.15) is 5.78 Å². The van der Waals surface area contributed by atoms with Crippen LogP contribution in [0.5, 0.6) is 0 Å². The standard InChI is InChI=1S/C22H25N3O2S/c1-3-28(23,27)18-8-9-22(25-11-10-17(14-25)15(2)26)19(13-18)21-12-16-6-4-5-7-20(16)24-21/h4-9,12-13,17,23-24H,3,10-11,14H2,1-2H3/t17?,28-/m1/s1. The van der Waals surface area contributed by atoms with Gasteiger partial charge in [-0.1, -0.05) is 25.1 Å². The van der Waals surface area contributed by atoms with E-state index in [1.807, 2.05) is 30.3 Å². The third kappa shape index (κ3) is 3.33. The molecule has 0 spiro atoms. The van der Waals surface area contributed by atoms with E-state index in [1.165, 1.54) is 0 Å². The van der Waals surface area contributed by atoms with Gasteiger partial charge in [0.2, 0.25) is 0 Å². The lowest BCUT2D eigenvalue weighted by Gasteiger charge is -2.22. The maximum atomic E-state index is 12.7. The first-order chi connectivity index (χ1) is 13.4. The number of fused-ring (bicyclic) bond motifs is 1. The van der Waals surface area contributed by atoms with Crippen molar-refractivity contribution in [1.29, 1.82) is 4.78 Å². The second-order valence-corrected chi connectivity index (χ2v) is 9.85. The van der Waals surface area contributed by atoms with Crippen molar-refractivity contribution in [2.75, 3.05) is 23.7 Å². The molecule has 2 N–H and O–H groups in total. The van der Waals surface area contributed by atoms with Crippen molar-refractivity contribution in [3.63, 3.8) is 0 Å². The molecule has 5 nitrogen and oxygen atoms in total. The van der Waals surface area contributed by atoms with Crippen LogP contribution < -0.4 is 4.90 Å². The minimum Gasteiger partial charge on any atom is -0.370 e. The number of nitrogens with one attached hydrogen (secondary N) is 2. The van der Waals surface area contributed by atoms with E-state index >= 15 is 0 Å². The topological polar surface area (TPSA) is 77.0 Å². The van der Waals surface area contributed by atoms with E-state index in [2.05, 4.69) is 22.0 Å². The van der Waals surface area contributed by atoms with Crippen LogP contribution in [-0.4, -0.2) is 33.8 Å². The zero-order chi connectivity index (χ0) is 19.9. The summed E-state index contributed by atoms with van der Waals surface area (Å²) < 4.78 is 20.9. The summed E-state index contributed by atoms with van der Waals surface area (Å²) in [4.78, 5) is 18.1. The highest BCUT2D eigenvalue weighted by atomic mass is 32.2. The molecule has 4 rings (SSSR count). The molecule has 1 fully saturated rings. The van der Waals surface area contributed by atoms with Crippen LogP contribution in [0.4, 0.5) is 5.69 Å². The predicted octanol–water partition coefficient (Wildman–Crippen LogP) is 4.68. The molecular weight excluding hydrogens is 370 g/mol. The Morgan fingerprint density at radius 1 is 1.25 bits per heavy atom. The smallest absolute Gasteiger partial charge is 0.134 e. The molecule has 2 aromatic carbocycles. The number of carbonyl (C=O) groups is 1. The van der Waals surface area contributed by atoms with Crippen LogP contribution in [0.25, 0.3) is 22.2 Å². The lowest BCUT2D eigenvalue weighted by molar-refractivity contribution is -0.120. The highest BCUT2D eigenvalue weighted by molar-refractivity contribution is 7.92. The molecule has 1 unspecified atom stereocenters. The van der Waals surface area contributed by atoms with Crippen molar-refractivity contribution in [3.8, 4) is 11.3 Å². The molecule has 0 bridgehead atoms. The Balaban J connectivity index is 1.85. The molecule has 1 aliphatic heterocycles. The summed E-state index contributed by atoms with van der Waals surface area (Å²) in [5, 5.41) is 1.11. The number of para-hydroxylation sites is 1. The summed E-state index contributed by atoms with van der Waals surface area (Å²) >= 11 is 0. The van der Waals surface area contributed by atoms with Crippen LogP contribution in [0.3, 0.4) is 0 Å². The van der Waals surface area contributed by atoms with Gasteiger partial charge in [-0.2, -0.15) is 0 Å². The number of Topliss-reactive ketones (excluding diaryl/α,β-unsaturated/α-hetero) is 1. The van der Waals surface area contributed by atoms with Crippen molar-refractivity contribution in [2.24, 2.45) is 5.92 Å². The number of ketones is 1. The SMILES string of the molecule is CC[S@@](=N)(=O)c1ccc(N2CCC(C(C)=O)C2)c(-c2cc3ccccc3[nH]2)c1. The van der Waals surface area contributed by atoms with Crippen LogP contribution >= 0.6 is 0 Å². The zero-order valence-corrected chi connectivity index (χ0v) is 17.0. The number of rotatable bonds is 5. The first-order valence-corrected chi connectivity index (χ1v) is 11.4. The lowest BCUT2D eigenvalue weighted by Crippen LogP contribution is -2.22. The minimum atomic E-state index is -2.81. The molecule has 6 heteroatoms. The van der Waals surface area contributed by atoms with Gasteiger partial charge >= 0.3 is 0 Å². The van der Waals surface area contributed by atoms with E-state index in [1.54, 1.807) is 19.9 Å². The van der Waals surface area contributed by atoms with Gasteiger partial charge in [-0.3, -0.25) is 4.79 Å². The van der Waals surface area contributed by atoms with Gasteiger partial charge in [-0.05, 0) is 43.7 Å². The average Bonchev–Trinajstić information content (AvgIpc) is 3.34. The fourth-order valence-corrected chi connectivity index (χ4v) is 4.84. The second kappa shape index (κ2) is 7.09. The number of nitrogens with zero attached hydrogens (tertiary/aromatic N) is 1. The summed E-state index contributed by atoms with van der Waals surface area (Å²) in [5.74, 6) is 0.576. The van der Waals surface area contributed by atoms with E-state index in [4.69, 9.17) is 4.78 Å². The Bertz CT molecular complexity index is 1110. The zero-order valence-electron chi connectivity index (χ0n) is 16.2. The van der Waals surface area contributed by atoms with Gasteiger partial charge < -0.3 is 9.88 Å². The molecule has 3 aromatic rings. The summed E-state index contributed by atoms with van der Waals surface area (Å²) in [6, 6.07) is 15.8. The molecule has 1 aromatic heterocycles. The first-order valence-electron chi connectivity index (χ1n) is 9.63. The fraction of sp³-hybridized carbons (Fsp3) is 0.318. The monoisotopic (exact) mass is 395 g/mol. The molecule has 0 aliphatic carbocycles. The van der Waals surface area contributed by atoms with Crippen LogP contribution in [0.1, 0.15) is 20.3 Å². The van der Waals surface area contributed by atoms with E-state index in [9.17, 15) is 9.00 Å². The number of hydrogen-bond donors (Lipinski definition) is 2. The minimum absolute atomic E-state index is 0.0614. The van der Waals surface area contributed by atoms with Crippen molar-refractivity contribution in [1.82, 2.24) is 4.98 Å². The third-order valence-corrected chi connectivity index (χ3v) is 7.51. The van der Waals surface area contributed by atoms with E-state index in [0.717, 1.165) is 40.8 Å². The summed E-state index contributed by atoms with van der Waals surface area (Å²) in [6.07, 6.45) is 0.855. The van der Waals surface area contributed by atoms with Gasteiger partial charge in [0.05, 0.1) is 9.73 Å². The molecule has 2 heterocycles. The Hall–Kier alpha value is -2.60. The highest BCUT2D eigenvalue weighted by Crippen LogP contribution is 2.37. The largest absolute Gasteiger partial charge is 0.370 e. The molecule has 0 amide bonds. The van der Waals surface area contributed by atoms with Crippen LogP contribution in [0, 0.1) is 10.7 Å². The maximum absolute atomic E-state index is 12.7. The van der Waals surface area contributed by atoms with Gasteiger partial charge in [0.25, 0.3) is 0 Å². The normalized spacial score (nSPS) is 19.1. The van der Waals surface area contributed by atoms with E-state index < -0.39 is 9.73 Å². The average molecular weight is 396 g/mol. The van der Waals surface area contributed by atoms with Gasteiger partial charge in [-0.25, -0.2) is 8.99 Å². The van der Waals surface area contributed by atoms with Crippen molar-refractivity contribution < 1.29 is 9.00 Å². The number of H-pyrrole nitrogens is 1. The number of aromatic amines is 1. The number of benzene rings is 2. The van der Waals surface area contributed by atoms with Crippen LogP contribution in [-0.2, 0) is 14.5 Å². The van der Waals surface area contributed by atoms with Crippen LogP contribution in [0.15, 0.2) is 53.4 Å². The van der Waals surface area contributed by atoms with E-state index in [-0.39, 0.29) is 17.5 Å². The number of aromatic nitrogens is 1. The van der Waals surface area contributed by atoms with Gasteiger partial charge in [-0.15, -0.1) is 0 Å². The second-order valence-electron chi connectivity index (χ2n) is 7.46. The molecular formula is C22H25N3O2S. The predicted molar refractivity (Wildman–Crippen MR) is 114 cm³/mol. The first kappa shape index (κ1) is 18.7. The fourth-order valence-electron chi connectivity index (χ4n) is 3.91. The Morgan fingerprint density at radius 2 is 2.04 bits per heavy atom. The Labute approximate surface area is 165 Å². The summed E-state index contributed by atoms with van der Waals surface area (Å²) in [5.41, 5.74) is 3.94. The summed E-state index contributed by atoms with van der Waals surface area (Å²) in [7, 11) is -2.81. The van der Waals surface area contributed by atoms with Gasteiger partial charge in [0, 0.05) is 57.5 Å². The molecule has 0 saturated carbocycles. The lowest BCUT2D eigenvalue weighted by atomic mass is 10.1. The molecule has 28 heavy (non-hydrogen) atoms. The van der Waals surface area contributed by atoms with Crippen LogP contribution in [0.2, 0.25) is 0 Å². The van der Waals surface area contributed by atoms with Gasteiger partial charge in [0.15, 0.2) is 0 Å². The van der Waals surface area contributed by atoms with Crippen molar-refractivity contribution in [2.45, 2.75) is 25.2 Å². The molecule has 1 aliphatic rings. The number of carbonyl (C=O) groups excluding carboxylic acids is 1. The Morgan fingerprint density at radius 3 is 2.71 bits per heavy atom. The summed E-state index contributed by atoms with van der Waals surface area (Å²) in [6.45, 7) is 4.96. The molecule has 1 saturated heterocycles. The number of hydrogen-bond acceptors (Lipinski definition) is 4. The quantitative estimate of drug-likeness (QED) is 0.659. The van der Waals surface area contributed by atoms with Crippen molar-refractivity contribution in [3.05, 3.63) is 48.5 Å². The van der Waals surface area contributed by atoms with E-state index in [0.29, 0.717) is 11.4 Å². The third-order valence-electron chi connectivity index (χ3n) is 5.68. The maximum Gasteiger partial charge on any atom is 0.134 e. The Kier molecular flexibility index (Phi) is 4.75. The molecule has 0 radical (unpaired) electrons. The molecule has 2 atom stereocenters.